The monoisotopic (exact) mass is 394 g/mol. The topological polar surface area (TPSA) is 16.1 Å². The Labute approximate surface area is 136 Å². The maximum Gasteiger partial charge on any atom is 0.124 e. The molecule has 0 saturated heterocycles. The molecule has 0 bridgehead atoms. The Morgan fingerprint density at radius 3 is 2.60 bits per heavy atom. The molecule has 0 spiro atoms. The third-order valence-electron chi connectivity index (χ3n) is 3.38. The fourth-order valence-electron chi connectivity index (χ4n) is 2.06. The number of rotatable bonds is 3. The highest BCUT2D eigenvalue weighted by Gasteiger charge is 2.07. The van der Waals surface area contributed by atoms with Crippen LogP contribution >= 0.6 is 33.9 Å². The van der Waals surface area contributed by atoms with Crippen LogP contribution in [0, 0.1) is 3.57 Å². The standard InChI is InChI=1S/C16H15IN2S/c1-3-19(2)13-7-4-11(5-8-13)16-18-14-9-6-12(17)10-15(14)20-16/h4-10H,3H2,1-2H3. The van der Waals surface area contributed by atoms with Gasteiger partial charge in [0.2, 0.25) is 0 Å². The van der Waals surface area contributed by atoms with Crippen LogP contribution in [0.5, 0.6) is 0 Å². The molecule has 0 atom stereocenters. The van der Waals surface area contributed by atoms with Crippen LogP contribution in [-0.2, 0) is 0 Å². The van der Waals surface area contributed by atoms with E-state index in [-0.39, 0.29) is 0 Å². The molecule has 1 aromatic heterocycles. The summed E-state index contributed by atoms with van der Waals surface area (Å²) in [6.07, 6.45) is 0. The molecule has 102 valence electrons. The third kappa shape index (κ3) is 2.67. The Morgan fingerprint density at radius 2 is 1.90 bits per heavy atom. The van der Waals surface area contributed by atoms with Crippen molar-refractivity contribution < 1.29 is 0 Å². The minimum atomic E-state index is 1.01. The second-order valence-electron chi connectivity index (χ2n) is 4.69. The van der Waals surface area contributed by atoms with Crippen LogP contribution in [0.25, 0.3) is 20.8 Å². The van der Waals surface area contributed by atoms with Crippen molar-refractivity contribution in [3.8, 4) is 10.6 Å². The van der Waals surface area contributed by atoms with Crippen LogP contribution in [0.15, 0.2) is 42.5 Å². The van der Waals surface area contributed by atoms with Gasteiger partial charge in [0.05, 0.1) is 10.2 Å². The molecule has 2 nitrogen and oxygen atoms in total. The van der Waals surface area contributed by atoms with Crippen molar-refractivity contribution in [3.05, 3.63) is 46.0 Å². The summed E-state index contributed by atoms with van der Waals surface area (Å²) in [5.74, 6) is 0. The van der Waals surface area contributed by atoms with Gasteiger partial charge in [0.15, 0.2) is 0 Å². The summed E-state index contributed by atoms with van der Waals surface area (Å²) in [6, 6.07) is 15.0. The Balaban J connectivity index is 1.98. The Morgan fingerprint density at radius 1 is 1.15 bits per heavy atom. The lowest BCUT2D eigenvalue weighted by Gasteiger charge is -2.16. The summed E-state index contributed by atoms with van der Waals surface area (Å²) in [6.45, 7) is 3.17. The van der Waals surface area contributed by atoms with Gasteiger partial charge in [0.25, 0.3) is 0 Å². The average molecular weight is 394 g/mol. The van der Waals surface area contributed by atoms with Crippen molar-refractivity contribution >= 4 is 49.8 Å². The fourth-order valence-corrected chi connectivity index (χ4v) is 3.78. The third-order valence-corrected chi connectivity index (χ3v) is 5.12. The number of halogens is 1. The fraction of sp³-hybridized carbons (Fsp3) is 0.188. The van der Waals surface area contributed by atoms with E-state index < -0.39 is 0 Å². The largest absolute Gasteiger partial charge is 0.375 e. The number of hydrogen-bond donors (Lipinski definition) is 0. The number of hydrogen-bond acceptors (Lipinski definition) is 3. The average Bonchev–Trinajstić information content (AvgIpc) is 2.89. The van der Waals surface area contributed by atoms with Crippen LogP contribution in [0.2, 0.25) is 0 Å². The summed E-state index contributed by atoms with van der Waals surface area (Å²) in [7, 11) is 2.11. The molecule has 4 heteroatoms. The van der Waals surface area contributed by atoms with Crippen LogP contribution in [0.1, 0.15) is 6.92 Å². The lowest BCUT2D eigenvalue weighted by atomic mass is 10.2. The SMILES string of the molecule is CCN(C)c1ccc(-c2nc3ccc(I)cc3s2)cc1. The number of thiazole rings is 1. The molecule has 0 aliphatic carbocycles. The number of anilines is 1. The summed E-state index contributed by atoms with van der Waals surface area (Å²) in [5.41, 5.74) is 3.52. The maximum absolute atomic E-state index is 4.72. The van der Waals surface area contributed by atoms with E-state index in [1.807, 2.05) is 0 Å². The molecule has 0 aliphatic rings. The molecule has 0 radical (unpaired) electrons. The first-order valence-electron chi connectivity index (χ1n) is 6.55. The first-order chi connectivity index (χ1) is 9.67. The van der Waals surface area contributed by atoms with Crippen LogP contribution < -0.4 is 4.90 Å². The van der Waals surface area contributed by atoms with Crippen molar-refractivity contribution in [2.75, 3.05) is 18.5 Å². The van der Waals surface area contributed by atoms with Crippen LogP contribution in [-0.4, -0.2) is 18.6 Å². The zero-order valence-electron chi connectivity index (χ0n) is 11.4. The minimum absolute atomic E-state index is 1.01. The quantitative estimate of drug-likeness (QED) is 0.580. The second-order valence-corrected chi connectivity index (χ2v) is 6.97. The Hall–Kier alpha value is -1.14. The molecule has 0 unspecified atom stereocenters. The summed E-state index contributed by atoms with van der Waals surface area (Å²) in [5, 5.41) is 1.09. The smallest absolute Gasteiger partial charge is 0.124 e. The van der Waals surface area contributed by atoms with E-state index in [0.717, 1.165) is 17.1 Å². The maximum atomic E-state index is 4.72. The number of nitrogens with zero attached hydrogens (tertiary/aromatic N) is 2. The highest BCUT2D eigenvalue weighted by atomic mass is 127. The Kier molecular flexibility index (Phi) is 3.94. The normalized spacial score (nSPS) is 10.9. The van der Waals surface area contributed by atoms with E-state index in [9.17, 15) is 0 Å². The molecular weight excluding hydrogens is 379 g/mol. The molecule has 3 aromatic rings. The van der Waals surface area contributed by atoms with Gasteiger partial charge >= 0.3 is 0 Å². The number of aromatic nitrogens is 1. The number of benzene rings is 2. The zero-order valence-corrected chi connectivity index (χ0v) is 14.4. The van der Waals surface area contributed by atoms with Gasteiger partial charge in [0, 0.05) is 28.4 Å². The molecule has 0 fully saturated rings. The van der Waals surface area contributed by atoms with Gasteiger partial charge in [-0.3, -0.25) is 0 Å². The van der Waals surface area contributed by atoms with Gasteiger partial charge in [-0.05, 0) is 72.0 Å². The van der Waals surface area contributed by atoms with E-state index in [4.69, 9.17) is 4.98 Å². The molecule has 0 N–H and O–H groups in total. The van der Waals surface area contributed by atoms with Crippen molar-refractivity contribution in [1.82, 2.24) is 4.98 Å². The summed E-state index contributed by atoms with van der Waals surface area (Å²) < 4.78 is 2.51. The molecule has 3 rings (SSSR count). The highest BCUT2D eigenvalue weighted by Crippen LogP contribution is 2.31. The summed E-state index contributed by atoms with van der Waals surface area (Å²) in [4.78, 5) is 6.95. The molecule has 2 aromatic carbocycles. The van der Waals surface area contributed by atoms with Crippen molar-refractivity contribution in [2.45, 2.75) is 6.92 Å². The van der Waals surface area contributed by atoms with E-state index in [1.54, 1.807) is 11.3 Å². The summed E-state index contributed by atoms with van der Waals surface area (Å²) >= 11 is 4.10. The van der Waals surface area contributed by atoms with Crippen molar-refractivity contribution in [3.63, 3.8) is 0 Å². The van der Waals surface area contributed by atoms with Gasteiger partial charge in [0.1, 0.15) is 5.01 Å². The highest BCUT2D eigenvalue weighted by molar-refractivity contribution is 14.1. The lowest BCUT2D eigenvalue weighted by Crippen LogP contribution is -2.15. The van der Waals surface area contributed by atoms with Gasteiger partial charge in [-0.1, -0.05) is 0 Å². The minimum Gasteiger partial charge on any atom is -0.375 e. The number of fused-ring (bicyclic) bond motifs is 1. The van der Waals surface area contributed by atoms with E-state index >= 15 is 0 Å². The van der Waals surface area contributed by atoms with E-state index in [0.29, 0.717) is 0 Å². The predicted molar refractivity (Wildman–Crippen MR) is 96.7 cm³/mol. The molecule has 0 saturated carbocycles. The second kappa shape index (κ2) is 5.69. The van der Waals surface area contributed by atoms with Gasteiger partial charge < -0.3 is 4.90 Å². The van der Waals surface area contributed by atoms with Crippen LogP contribution in [0.4, 0.5) is 5.69 Å². The van der Waals surface area contributed by atoms with Gasteiger partial charge in [-0.2, -0.15) is 0 Å². The molecule has 0 amide bonds. The molecular formula is C16H15IN2S. The molecule has 1 heterocycles. The lowest BCUT2D eigenvalue weighted by molar-refractivity contribution is 0.968. The van der Waals surface area contributed by atoms with Gasteiger partial charge in [-0.25, -0.2) is 4.98 Å². The predicted octanol–water partition coefficient (Wildman–Crippen LogP) is 5.02. The zero-order chi connectivity index (χ0) is 14.1. The van der Waals surface area contributed by atoms with Crippen LogP contribution in [0.3, 0.4) is 0 Å². The molecule has 20 heavy (non-hydrogen) atoms. The molecule has 0 aliphatic heterocycles. The van der Waals surface area contributed by atoms with Crippen molar-refractivity contribution in [1.29, 1.82) is 0 Å². The van der Waals surface area contributed by atoms with Crippen molar-refractivity contribution in [2.24, 2.45) is 0 Å². The van der Waals surface area contributed by atoms with E-state index in [2.05, 4.69) is 83.9 Å². The first kappa shape index (κ1) is 13.8. The van der Waals surface area contributed by atoms with Gasteiger partial charge in [-0.15, -0.1) is 11.3 Å². The first-order valence-corrected chi connectivity index (χ1v) is 8.44. The van der Waals surface area contributed by atoms with E-state index in [1.165, 1.54) is 19.5 Å². The Bertz CT molecular complexity index is 734.